The van der Waals surface area contributed by atoms with Crippen molar-refractivity contribution in [3.8, 4) is 67.5 Å². The van der Waals surface area contributed by atoms with Gasteiger partial charge in [0.25, 0.3) is 0 Å². The summed E-state index contributed by atoms with van der Waals surface area (Å²) in [6.07, 6.45) is 19.4. The summed E-state index contributed by atoms with van der Waals surface area (Å²) >= 11 is 0. The third-order valence-corrected chi connectivity index (χ3v) is 11.8. The molecule has 2 aliphatic heterocycles. The number of H-pyrrole nitrogens is 2. The molecule has 63 heavy (non-hydrogen) atoms. The number of fused-ring (bicyclic) bond motifs is 8. The quantitative estimate of drug-likeness (QED) is 0.0655. The SMILES string of the molecule is CCCCCCCCCCCOc1ccc(-c2c3nc(c(-c4cccc(O)c4)c4ccc([nH]4)c(-c4cccc(O)c4)c4nc(c(-c5cccc(O)c5)c5ccc2[nH]5)C=C4)C=C3)cc1. The Morgan fingerprint density at radius 3 is 1.16 bits per heavy atom. The molecule has 0 spiro atoms. The van der Waals surface area contributed by atoms with E-state index in [2.05, 4.69) is 41.2 Å². The number of nitrogens with zero attached hydrogens (tertiary/aromatic N) is 2. The monoisotopic (exact) mass is 832 g/mol. The second kappa shape index (κ2) is 18.7. The van der Waals surface area contributed by atoms with Crippen LogP contribution >= 0.6 is 0 Å². The summed E-state index contributed by atoms with van der Waals surface area (Å²) in [6.45, 7) is 2.95. The van der Waals surface area contributed by atoms with Crippen LogP contribution in [0.25, 0.3) is 90.9 Å². The maximum atomic E-state index is 10.7. The molecule has 5 N–H and O–H groups in total. The smallest absolute Gasteiger partial charge is 0.119 e. The molecular formula is C55H52N4O4. The van der Waals surface area contributed by atoms with Crippen LogP contribution < -0.4 is 4.74 Å². The molecule has 3 aromatic heterocycles. The van der Waals surface area contributed by atoms with Crippen molar-refractivity contribution in [2.75, 3.05) is 6.61 Å². The van der Waals surface area contributed by atoms with Crippen LogP contribution in [-0.4, -0.2) is 41.9 Å². The summed E-state index contributed by atoms with van der Waals surface area (Å²) in [5.74, 6) is 1.27. The minimum absolute atomic E-state index is 0.139. The minimum atomic E-state index is 0.139. The van der Waals surface area contributed by atoms with Crippen LogP contribution in [0.4, 0.5) is 0 Å². The number of phenolic OH excluding ortho intramolecular Hbond substituents is 3. The van der Waals surface area contributed by atoms with Crippen molar-refractivity contribution in [2.45, 2.75) is 64.7 Å². The Hall–Kier alpha value is -7.32. The van der Waals surface area contributed by atoms with E-state index in [1.165, 1.54) is 51.4 Å². The summed E-state index contributed by atoms with van der Waals surface area (Å²) < 4.78 is 6.23. The number of phenols is 3. The fraction of sp³-hybridized carbons (Fsp3) is 0.200. The van der Waals surface area contributed by atoms with Crippen LogP contribution in [-0.2, 0) is 0 Å². The van der Waals surface area contributed by atoms with Gasteiger partial charge in [-0.2, -0.15) is 0 Å². The molecule has 0 saturated heterocycles. The Kier molecular flexibility index (Phi) is 12.2. The number of aromatic amines is 2. The molecule has 0 aliphatic carbocycles. The number of unbranched alkanes of at least 4 members (excludes halogenated alkanes) is 8. The van der Waals surface area contributed by atoms with Gasteiger partial charge in [-0.25, -0.2) is 9.97 Å². The van der Waals surface area contributed by atoms with Crippen LogP contribution in [0.3, 0.4) is 0 Å². The van der Waals surface area contributed by atoms with E-state index in [9.17, 15) is 15.3 Å². The summed E-state index contributed by atoms with van der Waals surface area (Å²) in [5, 5.41) is 32.1. The van der Waals surface area contributed by atoms with Crippen molar-refractivity contribution in [1.82, 2.24) is 19.9 Å². The predicted molar refractivity (Wildman–Crippen MR) is 258 cm³/mol. The van der Waals surface area contributed by atoms with E-state index in [4.69, 9.17) is 14.7 Å². The Morgan fingerprint density at radius 1 is 0.413 bits per heavy atom. The summed E-state index contributed by atoms with van der Waals surface area (Å²) in [4.78, 5) is 18.1. The molecule has 0 amide bonds. The first-order valence-corrected chi connectivity index (χ1v) is 22.2. The Labute approximate surface area is 368 Å². The molecule has 4 aromatic carbocycles. The molecule has 316 valence electrons. The first-order valence-electron chi connectivity index (χ1n) is 22.2. The lowest BCUT2D eigenvalue weighted by molar-refractivity contribution is 0.304. The highest BCUT2D eigenvalue weighted by molar-refractivity contribution is 6.00. The normalized spacial score (nSPS) is 12.0. The average molecular weight is 833 g/mol. The molecule has 0 saturated carbocycles. The highest BCUT2D eigenvalue weighted by Crippen LogP contribution is 2.40. The molecule has 8 bridgehead atoms. The molecule has 2 aliphatic rings. The number of hydrogen-bond acceptors (Lipinski definition) is 6. The van der Waals surface area contributed by atoms with Crippen LogP contribution in [0.15, 0.2) is 121 Å². The first kappa shape index (κ1) is 41.1. The van der Waals surface area contributed by atoms with Gasteiger partial charge in [-0.15, -0.1) is 0 Å². The lowest BCUT2D eigenvalue weighted by atomic mass is 10.0. The standard InChI is InChI=1S/C55H52N4O4/c1-2-3-4-5-6-7-8-9-10-32-63-43-22-20-36(21-23-43)52-44-24-26-46(56-44)53(37-14-11-17-40(60)33-37)48-28-30-50(58-48)55(39-16-13-19-42(62)35-39)51-31-29-49(59-51)54(47-27-25-45(52)57-47)38-15-12-18-41(61)34-38/h11-31,33-35,56,59-62H,2-10,32H2,1H3. The average Bonchev–Trinajstić information content (AvgIpc) is 4.13. The molecule has 0 atom stereocenters. The van der Waals surface area contributed by atoms with Gasteiger partial charge in [0.05, 0.1) is 29.4 Å². The van der Waals surface area contributed by atoms with Gasteiger partial charge < -0.3 is 30.0 Å². The van der Waals surface area contributed by atoms with Crippen LogP contribution in [0.5, 0.6) is 23.0 Å². The van der Waals surface area contributed by atoms with Gasteiger partial charge in [-0.05, 0) is 126 Å². The van der Waals surface area contributed by atoms with Crippen molar-refractivity contribution in [1.29, 1.82) is 0 Å². The molecular weight excluding hydrogens is 781 g/mol. The van der Waals surface area contributed by atoms with E-state index in [0.29, 0.717) is 18.0 Å². The number of aromatic hydroxyl groups is 3. The van der Waals surface area contributed by atoms with Crippen molar-refractivity contribution >= 4 is 46.4 Å². The number of ether oxygens (including phenoxy) is 1. The summed E-state index contributed by atoms with van der Waals surface area (Å²) in [5.41, 5.74) is 12.8. The van der Waals surface area contributed by atoms with Gasteiger partial charge >= 0.3 is 0 Å². The van der Waals surface area contributed by atoms with Crippen molar-refractivity contribution < 1.29 is 20.1 Å². The maximum Gasteiger partial charge on any atom is 0.119 e. The van der Waals surface area contributed by atoms with E-state index in [1.807, 2.05) is 85.0 Å². The number of aromatic nitrogens is 4. The number of nitrogens with one attached hydrogen (secondary N) is 2. The molecule has 0 fully saturated rings. The highest BCUT2D eigenvalue weighted by Gasteiger charge is 2.19. The van der Waals surface area contributed by atoms with Gasteiger partial charge in [-0.1, -0.05) is 107 Å². The topological polar surface area (TPSA) is 127 Å². The summed E-state index contributed by atoms with van der Waals surface area (Å²) in [7, 11) is 0. The van der Waals surface area contributed by atoms with E-state index < -0.39 is 0 Å². The highest BCUT2D eigenvalue weighted by atomic mass is 16.5. The van der Waals surface area contributed by atoms with E-state index in [-0.39, 0.29) is 17.2 Å². The number of benzene rings is 4. The Bertz CT molecular complexity index is 2950. The molecule has 5 heterocycles. The minimum Gasteiger partial charge on any atom is -0.508 e. The lowest BCUT2D eigenvalue weighted by Gasteiger charge is -2.09. The maximum absolute atomic E-state index is 10.7. The van der Waals surface area contributed by atoms with Gasteiger partial charge in [-0.3, -0.25) is 0 Å². The fourth-order valence-electron chi connectivity index (χ4n) is 8.73. The second-order valence-electron chi connectivity index (χ2n) is 16.4. The Balaban J connectivity index is 1.22. The molecule has 9 rings (SSSR count). The number of rotatable bonds is 15. The molecule has 0 radical (unpaired) electrons. The van der Waals surface area contributed by atoms with Crippen LogP contribution in [0, 0.1) is 0 Å². The molecule has 8 heteroatoms. The zero-order valence-electron chi connectivity index (χ0n) is 35.6. The van der Waals surface area contributed by atoms with Gasteiger partial charge in [0.15, 0.2) is 0 Å². The second-order valence-corrected chi connectivity index (χ2v) is 16.4. The van der Waals surface area contributed by atoms with Crippen molar-refractivity contribution in [3.05, 3.63) is 144 Å². The molecule has 0 unspecified atom stereocenters. The zero-order valence-corrected chi connectivity index (χ0v) is 35.6. The zero-order chi connectivity index (χ0) is 43.1. The van der Waals surface area contributed by atoms with E-state index >= 15 is 0 Å². The largest absolute Gasteiger partial charge is 0.508 e. The summed E-state index contributed by atoms with van der Waals surface area (Å²) in [6, 6.07) is 38.0. The third kappa shape index (κ3) is 9.16. The fourth-order valence-corrected chi connectivity index (χ4v) is 8.73. The lowest BCUT2D eigenvalue weighted by Crippen LogP contribution is -1.97. The van der Waals surface area contributed by atoms with Crippen molar-refractivity contribution in [3.63, 3.8) is 0 Å². The first-order chi connectivity index (χ1) is 30.9. The van der Waals surface area contributed by atoms with Crippen molar-refractivity contribution in [2.24, 2.45) is 0 Å². The van der Waals surface area contributed by atoms with E-state index in [0.717, 1.165) is 90.1 Å². The predicted octanol–water partition coefficient (Wildman–Crippen LogP) is 14.3. The molecule has 7 aromatic rings. The van der Waals surface area contributed by atoms with Gasteiger partial charge in [0.2, 0.25) is 0 Å². The van der Waals surface area contributed by atoms with Gasteiger partial charge in [0.1, 0.15) is 23.0 Å². The van der Waals surface area contributed by atoms with E-state index in [1.54, 1.807) is 36.4 Å². The molecule has 8 nitrogen and oxygen atoms in total. The Morgan fingerprint density at radius 2 is 0.778 bits per heavy atom. The van der Waals surface area contributed by atoms with Gasteiger partial charge in [0, 0.05) is 44.3 Å². The third-order valence-electron chi connectivity index (χ3n) is 11.8. The number of hydrogen-bond donors (Lipinski definition) is 5. The van der Waals surface area contributed by atoms with Crippen LogP contribution in [0.2, 0.25) is 0 Å². The van der Waals surface area contributed by atoms with Crippen LogP contribution in [0.1, 0.15) is 87.5 Å².